The number of methoxy groups -OCH3 is 1. The summed E-state index contributed by atoms with van der Waals surface area (Å²) in [6.07, 6.45) is 3.75. The van der Waals surface area contributed by atoms with Crippen LogP contribution in [0, 0.1) is 11.8 Å². The molecule has 8 atom stereocenters. The van der Waals surface area contributed by atoms with Crippen molar-refractivity contribution in [2.75, 3.05) is 13.7 Å². The smallest absolute Gasteiger partial charge is 0.408 e. The number of ether oxygens (including phenoxy) is 4. The fraction of sp³-hybridized carbons (Fsp3) is 0.826. The number of rotatable bonds is 9. The average molecular weight is 439 g/mol. The fourth-order valence-electron chi connectivity index (χ4n) is 5.10. The summed E-state index contributed by atoms with van der Waals surface area (Å²) in [5, 5.41) is 2.64. The van der Waals surface area contributed by atoms with Gasteiger partial charge in [-0.25, -0.2) is 4.79 Å². The van der Waals surface area contributed by atoms with Gasteiger partial charge in [-0.15, -0.1) is 0 Å². The van der Waals surface area contributed by atoms with Crippen LogP contribution in [0.3, 0.4) is 0 Å². The van der Waals surface area contributed by atoms with E-state index in [9.17, 15) is 9.59 Å². The highest BCUT2D eigenvalue weighted by Crippen LogP contribution is 2.59. The standard InChI is InChI=1S/C23H38N2O6/c1-7-14(4)17(20(24)26)25-21(27)30-15-10-11-23(12-29-23)19(18(15)28-6)22(5)16(31-22)9-8-13(2)3/h8,14-19H,7,9-12H2,1-6H3,(H2,24,26)(H,25,27)/t14?,15-,16-,17?,18-,19-,22+,23+/m1/s1. The summed E-state index contributed by atoms with van der Waals surface area (Å²) < 4.78 is 23.8. The lowest BCUT2D eigenvalue weighted by molar-refractivity contribution is -0.123. The van der Waals surface area contributed by atoms with Crippen LogP contribution in [0.2, 0.25) is 0 Å². The minimum Gasteiger partial charge on any atom is -0.443 e. The monoisotopic (exact) mass is 438 g/mol. The van der Waals surface area contributed by atoms with Gasteiger partial charge in [-0.05, 0) is 46.0 Å². The van der Waals surface area contributed by atoms with Gasteiger partial charge in [-0.1, -0.05) is 31.9 Å². The van der Waals surface area contributed by atoms with Gasteiger partial charge in [0.05, 0.1) is 18.6 Å². The lowest BCUT2D eigenvalue weighted by Gasteiger charge is -2.42. The van der Waals surface area contributed by atoms with Gasteiger partial charge in [-0.3, -0.25) is 4.79 Å². The van der Waals surface area contributed by atoms with E-state index in [-0.39, 0.29) is 29.6 Å². The molecular formula is C23H38N2O6. The molecule has 3 N–H and O–H groups in total. The van der Waals surface area contributed by atoms with E-state index in [2.05, 4.69) is 32.2 Å². The zero-order valence-corrected chi connectivity index (χ0v) is 19.6. The number of nitrogens with two attached hydrogens (primary N) is 1. The number of alkyl carbamates (subject to hydrolysis) is 1. The van der Waals surface area contributed by atoms with E-state index < -0.39 is 29.7 Å². The molecule has 3 fully saturated rings. The summed E-state index contributed by atoms with van der Waals surface area (Å²) in [6, 6.07) is -0.770. The van der Waals surface area contributed by atoms with Crippen molar-refractivity contribution in [1.82, 2.24) is 5.32 Å². The van der Waals surface area contributed by atoms with E-state index >= 15 is 0 Å². The van der Waals surface area contributed by atoms with Gasteiger partial charge in [0.15, 0.2) is 0 Å². The van der Waals surface area contributed by atoms with E-state index in [1.807, 2.05) is 13.8 Å². The van der Waals surface area contributed by atoms with Crippen molar-refractivity contribution in [2.24, 2.45) is 17.6 Å². The molecule has 2 saturated heterocycles. The number of carbonyl (C=O) groups is 2. The molecule has 0 bridgehead atoms. The highest BCUT2D eigenvalue weighted by atomic mass is 16.6. The number of epoxide rings is 2. The molecule has 1 spiro atoms. The first-order valence-corrected chi connectivity index (χ1v) is 11.3. The second-order valence-corrected chi connectivity index (χ2v) is 9.73. The lowest BCUT2D eigenvalue weighted by Crippen LogP contribution is -2.57. The number of primary amides is 1. The van der Waals surface area contributed by atoms with E-state index in [1.54, 1.807) is 7.11 Å². The summed E-state index contributed by atoms with van der Waals surface area (Å²) in [5.41, 5.74) is 6.05. The van der Waals surface area contributed by atoms with E-state index in [0.717, 1.165) is 12.8 Å². The van der Waals surface area contributed by atoms with Crippen LogP contribution in [0.5, 0.6) is 0 Å². The first-order valence-electron chi connectivity index (χ1n) is 11.3. The van der Waals surface area contributed by atoms with Crippen LogP contribution in [0.1, 0.15) is 60.3 Å². The molecule has 1 aliphatic carbocycles. The molecule has 3 rings (SSSR count). The number of amides is 2. The summed E-state index contributed by atoms with van der Waals surface area (Å²) >= 11 is 0. The molecule has 31 heavy (non-hydrogen) atoms. The zero-order valence-electron chi connectivity index (χ0n) is 19.6. The molecule has 2 amide bonds. The van der Waals surface area contributed by atoms with Gasteiger partial charge in [0.2, 0.25) is 5.91 Å². The zero-order chi connectivity index (χ0) is 23.0. The van der Waals surface area contributed by atoms with Crippen molar-refractivity contribution in [3.05, 3.63) is 11.6 Å². The normalized spacial score (nSPS) is 38.1. The predicted octanol–water partition coefficient (Wildman–Crippen LogP) is 2.69. The maximum absolute atomic E-state index is 12.6. The molecule has 2 heterocycles. The van der Waals surface area contributed by atoms with E-state index in [0.29, 0.717) is 19.4 Å². The maximum Gasteiger partial charge on any atom is 0.408 e. The van der Waals surface area contributed by atoms with Gasteiger partial charge >= 0.3 is 6.09 Å². The molecule has 8 nitrogen and oxygen atoms in total. The number of hydrogen-bond donors (Lipinski definition) is 2. The molecule has 0 aromatic heterocycles. The quantitative estimate of drug-likeness (QED) is 0.422. The summed E-state index contributed by atoms with van der Waals surface area (Å²) in [5.74, 6) is -0.698. The summed E-state index contributed by atoms with van der Waals surface area (Å²) in [4.78, 5) is 24.4. The molecule has 1 saturated carbocycles. The second kappa shape index (κ2) is 9.08. The Balaban J connectivity index is 1.71. The summed E-state index contributed by atoms with van der Waals surface area (Å²) in [6.45, 7) is 10.7. The van der Waals surface area contributed by atoms with Crippen LogP contribution >= 0.6 is 0 Å². The maximum atomic E-state index is 12.6. The Morgan fingerprint density at radius 2 is 2.03 bits per heavy atom. The molecule has 2 unspecified atom stereocenters. The number of hydrogen-bond acceptors (Lipinski definition) is 6. The van der Waals surface area contributed by atoms with Crippen molar-refractivity contribution in [1.29, 1.82) is 0 Å². The highest BCUT2D eigenvalue weighted by molar-refractivity contribution is 5.84. The fourth-order valence-corrected chi connectivity index (χ4v) is 5.10. The molecule has 0 radical (unpaired) electrons. The Labute approximate surface area is 185 Å². The largest absolute Gasteiger partial charge is 0.443 e. The van der Waals surface area contributed by atoms with Gasteiger partial charge in [0.25, 0.3) is 0 Å². The molecule has 8 heteroatoms. The van der Waals surface area contributed by atoms with Gasteiger partial charge in [-0.2, -0.15) is 0 Å². The SMILES string of the molecule is CCC(C)C(NC(=O)O[C@@H]1CC[C@]2(CO2)[C@@H]([C@@]2(C)O[C@@H]2CC=C(C)C)[C@@H]1OC)C(N)=O. The van der Waals surface area contributed by atoms with Crippen LogP contribution in [0.15, 0.2) is 11.6 Å². The third kappa shape index (κ3) is 4.91. The van der Waals surface area contributed by atoms with Crippen LogP contribution < -0.4 is 11.1 Å². The van der Waals surface area contributed by atoms with Crippen LogP contribution in [0.25, 0.3) is 0 Å². The van der Waals surface area contributed by atoms with E-state index in [1.165, 1.54) is 5.57 Å². The summed E-state index contributed by atoms with van der Waals surface area (Å²) in [7, 11) is 1.63. The van der Waals surface area contributed by atoms with E-state index in [4.69, 9.17) is 24.7 Å². The minimum atomic E-state index is -0.770. The highest BCUT2D eigenvalue weighted by Gasteiger charge is 2.72. The average Bonchev–Trinajstić information content (AvgIpc) is 3.62. The van der Waals surface area contributed by atoms with Crippen LogP contribution in [-0.2, 0) is 23.7 Å². The van der Waals surface area contributed by atoms with Crippen LogP contribution in [-0.4, -0.2) is 61.3 Å². The Hall–Kier alpha value is -1.64. The molecule has 2 aliphatic heterocycles. The third-order valence-corrected chi connectivity index (χ3v) is 7.29. The Morgan fingerprint density at radius 3 is 2.55 bits per heavy atom. The van der Waals surface area contributed by atoms with Crippen molar-refractivity contribution in [3.8, 4) is 0 Å². The van der Waals surface area contributed by atoms with Crippen molar-refractivity contribution in [3.63, 3.8) is 0 Å². The third-order valence-electron chi connectivity index (χ3n) is 7.29. The first-order chi connectivity index (χ1) is 14.6. The van der Waals surface area contributed by atoms with Crippen LogP contribution in [0.4, 0.5) is 4.79 Å². The molecule has 3 aliphatic rings. The number of allylic oxidation sites excluding steroid dienone is 1. The molecule has 176 valence electrons. The van der Waals surface area contributed by atoms with Gasteiger partial charge in [0.1, 0.15) is 29.5 Å². The Kier molecular flexibility index (Phi) is 7.03. The Morgan fingerprint density at radius 1 is 1.35 bits per heavy atom. The van der Waals surface area contributed by atoms with Crippen molar-refractivity contribution < 1.29 is 28.5 Å². The van der Waals surface area contributed by atoms with Crippen molar-refractivity contribution in [2.45, 2.75) is 95.9 Å². The molecule has 0 aromatic rings. The van der Waals surface area contributed by atoms with Gasteiger partial charge < -0.3 is 30.0 Å². The number of carbonyl (C=O) groups excluding carboxylic acids is 2. The topological polar surface area (TPSA) is 116 Å². The van der Waals surface area contributed by atoms with Crippen molar-refractivity contribution >= 4 is 12.0 Å². The lowest BCUT2D eigenvalue weighted by atomic mass is 9.68. The first kappa shape index (κ1) is 24.0. The molecule has 0 aromatic carbocycles. The number of nitrogens with one attached hydrogen (secondary N) is 1. The predicted molar refractivity (Wildman–Crippen MR) is 115 cm³/mol. The second-order valence-electron chi connectivity index (χ2n) is 9.73. The Bertz CT molecular complexity index is 717. The van der Waals surface area contributed by atoms with Gasteiger partial charge in [0, 0.05) is 7.11 Å². The molecular weight excluding hydrogens is 400 g/mol. The minimum absolute atomic E-state index is 0.0476.